The molecule has 4 heterocycles. The minimum Gasteiger partial charge on any atom is -0.454 e. The van der Waals surface area contributed by atoms with Gasteiger partial charge in [-0.3, -0.25) is 14.3 Å². The molecule has 2 aliphatic heterocycles. The molecule has 5 rings (SSSR count). The van der Waals surface area contributed by atoms with Gasteiger partial charge in [-0.2, -0.15) is 0 Å². The summed E-state index contributed by atoms with van der Waals surface area (Å²) in [4.78, 5) is 25.6. The van der Waals surface area contributed by atoms with Crippen LogP contribution in [-0.4, -0.2) is 52.4 Å². The zero-order valence-electron chi connectivity index (χ0n) is 14.0. The van der Waals surface area contributed by atoms with E-state index in [4.69, 9.17) is 9.47 Å². The first-order valence-corrected chi connectivity index (χ1v) is 9.27. The zero-order valence-corrected chi connectivity index (χ0v) is 14.8. The molecule has 0 bridgehead atoms. The molecular weight excluding hydrogens is 354 g/mol. The van der Waals surface area contributed by atoms with Gasteiger partial charge in [0.15, 0.2) is 11.5 Å². The summed E-state index contributed by atoms with van der Waals surface area (Å²) in [5.41, 5.74) is 0.901. The third-order valence-electron chi connectivity index (χ3n) is 4.71. The molecular formula is C17H17N5O3S. The molecule has 2 aromatic heterocycles. The minimum atomic E-state index is 0.0393. The van der Waals surface area contributed by atoms with E-state index in [1.165, 1.54) is 11.3 Å². The largest absolute Gasteiger partial charge is 0.454 e. The molecule has 8 nitrogen and oxygen atoms in total. The van der Waals surface area contributed by atoms with Crippen LogP contribution in [0, 0.1) is 0 Å². The Kier molecular flexibility index (Phi) is 3.75. The summed E-state index contributed by atoms with van der Waals surface area (Å²) >= 11 is 1.25. The van der Waals surface area contributed by atoms with Gasteiger partial charge in [-0.25, -0.2) is 9.97 Å². The molecule has 0 amide bonds. The highest BCUT2D eigenvalue weighted by molar-refractivity contribution is 7.16. The van der Waals surface area contributed by atoms with Crippen LogP contribution in [0.4, 0.5) is 5.95 Å². The van der Waals surface area contributed by atoms with E-state index in [2.05, 4.69) is 19.8 Å². The fourth-order valence-corrected chi connectivity index (χ4v) is 4.22. The summed E-state index contributed by atoms with van der Waals surface area (Å²) in [6.07, 6.45) is 3.52. The van der Waals surface area contributed by atoms with Gasteiger partial charge < -0.3 is 14.4 Å². The molecule has 0 atom stereocenters. The molecule has 0 radical (unpaired) electrons. The third-order valence-corrected chi connectivity index (χ3v) is 5.65. The van der Waals surface area contributed by atoms with Crippen molar-refractivity contribution in [3.63, 3.8) is 0 Å². The lowest BCUT2D eigenvalue weighted by molar-refractivity contribution is 0.174. The van der Waals surface area contributed by atoms with E-state index in [-0.39, 0.29) is 11.7 Å². The molecule has 1 saturated heterocycles. The maximum absolute atomic E-state index is 12.5. The molecule has 3 aromatic rings. The second-order valence-electron chi connectivity index (χ2n) is 6.26. The van der Waals surface area contributed by atoms with Crippen molar-refractivity contribution in [1.82, 2.24) is 19.4 Å². The van der Waals surface area contributed by atoms with Crippen molar-refractivity contribution < 1.29 is 9.47 Å². The summed E-state index contributed by atoms with van der Waals surface area (Å²) in [5.74, 6) is 2.18. The van der Waals surface area contributed by atoms with Gasteiger partial charge in [-0.15, -0.1) is 0 Å². The summed E-state index contributed by atoms with van der Waals surface area (Å²) in [7, 11) is 0. The van der Waals surface area contributed by atoms with Crippen LogP contribution in [-0.2, 0) is 6.67 Å². The van der Waals surface area contributed by atoms with E-state index >= 15 is 0 Å². The molecule has 134 valence electrons. The Balaban J connectivity index is 1.34. The van der Waals surface area contributed by atoms with Crippen LogP contribution < -0.4 is 19.2 Å². The quantitative estimate of drug-likeness (QED) is 0.688. The van der Waals surface area contributed by atoms with Crippen molar-refractivity contribution in [2.75, 3.05) is 37.9 Å². The summed E-state index contributed by atoms with van der Waals surface area (Å²) in [5, 5.41) is 0. The highest BCUT2D eigenvalue weighted by Gasteiger charge is 2.22. The molecule has 0 N–H and O–H groups in total. The molecule has 1 fully saturated rings. The average Bonchev–Trinajstić information content (AvgIpc) is 3.25. The van der Waals surface area contributed by atoms with E-state index in [0.717, 1.165) is 42.3 Å². The Morgan fingerprint density at radius 3 is 2.54 bits per heavy atom. The van der Waals surface area contributed by atoms with Gasteiger partial charge >= 0.3 is 4.87 Å². The van der Waals surface area contributed by atoms with Crippen LogP contribution >= 0.6 is 11.3 Å². The maximum atomic E-state index is 12.5. The lowest BCUT2D eigenvalue weighted by Gasteiger charge is -2.34. The number of rotatable bonds is 3. The molecule has 0 saturated carbocycles. The first kappa shape index (κ1) is 15.6. The van der Waals surface area contributed by atoms with Gasteiger partial charge in [-0.1, -0.05) is 11.3 Å². The van der Waals surface area contributed by atoms with Gasteiger partial charge in [0.05, 0.1) is 16.9 Å². The normalized spacial score (nSPS) is 17.2. The van der Waals surface area contributed by atoms with Crippen LogP contribution in [0.2, 0.25) is 0 Å². The fraction of sp³-hybridized carbons (Fsp3) is 0.353. The van der Waals surface area contributed by atoms with Crippen LogP contribution in [0.1, 0.15) is 0 Å². The number of hydrogen-bond acceptors (Lipinski definition) is 8. The minimum absolute atomic E-state index is 0.0393. The van der Waals surface area contributed by atoms with Gasteiger partial charge in [-0.05, 0) is 6.07 Å². The Labute approximate surface area is 153 Å². The second kappa shape index (κ2) is 6.26. The van der Waals surface area contributed by atoms with E-state index in [1.54, 1.807) is 12.4 Å². The molecule has 9 heteroatoms. The average molecular weight is 371 g/mol. The highest BCUT2D eigenvalue weighted by atomic mass is 32.1. The third kappa shape index (κ3) is 2.69. The lowest BCUT2D eigenvalue weighted by Crippen LogP contribution is -2.48. The highest BCUT2D eigenvalue weighted by Crippen LogP contribution is 2.37. The van der Waals surface area contributed by atoms with Crippen molar-refractivity contribution in [3.05, 3.63) is 40.3 Å². The number of aromatic nitrogens is 3. The standard InChI is InChI=1S/C17H17N5O3S/c23-17-22(12-8-13-14(25-11-24-13)9-15(12)26-17)10-20-4-6-21(7-5-20)16-18-2-1-3-19-16/h1-3,8-9H,4-7,10-11H2. The fourth-order valence-electron chi connectivity index (χ4n) is 3.33. The molecule has 2 aliphatic rings. The van der Waals surface area contributed by atoms with E-state index in [0.29, 0.717) is 18.2 Å². The molecule has 0 aliphatic carbocycles. The number of ether oxygens (including phenoxy) is 2. The number of piperazine rings is 1. The van der Waals surface area contributed by atoms with E-state index in [1.807, 2.05) is 22.8 Å². The van der Waals surface area contributed by atoms with Crippen LogP contribution in [0.3, 0.4) is 0 Å². The molecule has 0 unspecified atom stereocenters. The number of thiazole rings is 1. The Morgan fingerprint density at radius 1 is 1.04 bits per heavy atom. The second-order valence-corrected chi connectivity index (χ2v) is 7.26. The van der Waals surface area contributed by atoms with Crippen molar-refractivity contribution in [3.8, 4) is 11.5 Å². The van der Waals surface area contributed by atoms with Crippen LogP contribution in [0.25, 0.3) is 10.2 Å². The zero-order chi connectivity index (χ0) is 17.5. The van der Waals surface area contributed by atoms with Gasteiger partial charge in [0.2, 0.25) is 12.7 Å². The van der Waals surface area contributed by atoms with Crippen molar-refractivity contribution in [2.24, 2.45) is 0 Å². The molecule has 1 aromatic carbocycles. The van der Waals surface area contributed by atoms with Crippen molar-refractivity contribution >= 4 is 27.5 Å². The maximum Gasteiger partial charge on any atom is 0.309 e. The smallest absolute Gasteiger partial charge is 0.309 e. The Bertz CT molecular complexity index is 995. The number of fused-ring (bicyclic) bond motifs is 2. The number of benzene rings is 1. The van der Waals surface area contributed by atoms with Gasteiger partial charge in [0.1, 0.15) is 0 Å². The topological polar surface area (TPSA) is 72.7 Å². The predicted molar refractivity (Wildman–Crippen MR) is 98.0 cm³/mol. The van der Waals surface area contributed by atoms with Crippen molar-refractivity contribution in [1.29, 1.82) is 0 Å². The Hall–Kier alpha value is -2.65. The van der Waals surface area contributed by atoms with E-state index in [9.17, 15) is 4.79 Å². The monoisotopic (exact) mass is 371 g/mol. The van der Waals surface area contributed by atoms with Crippen LogP contribution in [0.15, 0.2) is 35.4 Å². The summed E-state index contributed by atoms with van der Waals surface area (Å²) in [6.45, 7) is 4.20. The first-order chi connectivity index (χ1) is 12.8. The molecule has 0 spiro atoms. The molecule has 26 heavy (non-hydrogen) atoms. The van der Waals surface area contributed by atoms with Crippen LogP contribution in [0.5, 0.6) is 11.5 Å². The van der Waals surface area contributed by atoms with Crippen molar-refractivity contribution in [2.45, 2.75) is 6.67 Å². The summed E-state index contributed by atoms with van der Waals surface area (Å²) in [6, 6.07) is 5.62. The number of hydrogen-bond donors (Lipinski definition) is 0. The lowest BCUT2D eigenvalue weighted by atomic mass is 10.3. The number of anilines is 1. The summed E-state index contributed by atoms with van der Waals surface area (Å²) < 4.78 is 13.6. The van der Waals surface area contributed by atoms with Gasteiger partial charge in [0, 0.05) is 50.7 Å². The number of nitrogens with zero attached hydrogens (tertiary/aromatic N) is 5. The Morgan fingerprint density at radius 2 is 1.77 bits per heavy atom. The SMILES string of the molecule is O=c1sc2cc3c(cc2n1CN1CCN(c2ncccn2)CC1)OCO3. The van der Waals surface area contributed by atoms with E-state index < -0.39 is 0 Å². The predicted octanol–water partition coefficient (Wildman–Crippen LogP) is 1.36. The van der Waals surface area contributed by atoms with Gasteiger partial charge in [0.25, 0.3) is 0 Å². The first-order valence-electron chi connectivity index (χ1n) is 8.45.